The number of hydrogen-bond donors (Lipinski definition) is 1. The van der Waals surface area contributed by atoms with E-state index in [-0.39, 0.29) is 0 Å². The topological polar surface area (TPSA) is 0 Å². The summed E-state index contributed by atoms with van der Waals surface area (Å²) in [5, 5.41) is 0. The summed E-state index contributed by atoms with van der Waals surface area (Å²) < 4.78 is 0. The van der Waals surface area contributed by atoms with Crippen molar-refractivity contribution >= 4 is 18.2 Å². The molecule has 1 aliphatic rings. The Morgan fingerprint density at radius 2 is 1.75 bits per heavy atom. The largest absolute Gasteiger partial charge is 0.143 e. The van der Waals surface area contributed by atoms with Gasteiger partial charge in [-0.25, -0.2) is 0 Å². The van der Waals surface area contributed by atoms with Crippen LogP contribution < -0.4 is 0 Å². The fourth-order valence-electron chi connectivity index (χ4n) is 3.02. The molecule has 2 rings (SSSR count). The molecule has 0 heterocycles. The van der Waals surface area contributed by atoms with E-state index in [4.69, 9.17) is 12.6 Å². The zero-order valence-electron chi connectivity index (χ0n) is 15.8. The Hall–Kier alpha value is -1.47. The van der Waals surface area contributed by atoms with E-state index in [1.807, 2.05) is 32.9 Å². The van der Waals surface area contributed by atoms with E-state index in [0.717, 1.165) is 22.3 Å². The SMILES string of the molecule is C=C\C=C/C(=C\C)C(/S)=C(/C)c1ccc(C2CC(C)C2)cc1.CC. The maximum absolute atomic E-state index is 4.72. The van der Waals surface area contributed by atoms with Crippen LogP contribution in [0.5, 0.6) is 0 Å². The first-order valence-corrected chi connectivity index (χ1v) is 9.47. The van der Waals surface area contributed by atoms with Crippen LogP contribution in [-0.2, 0) is 0 Å². The monoisotopic (exact) mass is 340 g/mol. The van der Waals surface area contributed by atoms with Gasteiger partial charge < -0.3 is 0 Å². The Morgan fingerprint density at radius 3 is 2.21 bits per heavy atom. The summed E-state index contributed by atoms with van der Waals surface area (Å²) in [6, 6.07) is 9.03. The van der Waals surface area contributed by atoms with Gasteiger partial charge >= 0.3 is 0 Å². The van der Waals surface area contributed by atoms with Crippen LogP contribution in [0.15, 0.2) is 65.6 Å². The molecule has 1 heteroatoms. The summed E-state index contributed by atoms with van der Waals surface area (Å²) in [6.45, 7) is 14.2. The van der Waals surface area contributed by atoms with Crippen LogP contribution in [-0.4, -0.2) is 0 Å². The minimum atomic E-state index is 0.769. The summed E-state index contributed by atoms with van der Waals surface area (Å²) >= 11 is 4.72. The lowest BCUT2D eigenvalue weighted by molar-refractivity contribution is 0.288. The average molecular weight is 341 g/mol. The maximum Gasteiger partial charge on any atom is 0.0145 e. The van der Waals surface area contributed by atoms with Gasteiger partial charge in [-0.1, -0.05) is 75.9 Å². The standard InChI is InChI=1S/C21H26S.C2H6/c1-5-7-8-17(6-2)21(22)16(4)18-9-11-19(12-10-18)20-13-15(3)14-20;1-2/h5-12,15,20,22H,1,13-14H2,2-4H3;1-2H3/b8-7-,17-6+,21-16+;. The Labute approximate surface area is 154 Å². The maximum atomic E-state index is 4.72. The van der Waals surface area contributed by atoms with Crippen LogP contribution in [0.4, 0.5) is 0 Å². The minimum absolute atomic E-state index is 0.769. The quantitative estimate of drug-likeness (QED) is 0.414. The molecule has 0 aliphatic heterocycles. The van der Waals surface area contributed by atoms with Gasteiger partial charge in [0, 0.05) is 4.91 Å². The number of hydrogen-bond acceptors (Lipinski definition) is 1. The Balaban J connectivity index is 0.00000139. The molecular formula is C23H32S. The molecule has 0 radical (unpaired) electrons. The highest BCUT2D eigenvalue weighted by molar-refractivity contribution is 7.85. The van der Waals surface area contributed by atoms with Gasteiger partial charge in [0.25, 0.3) is 0 Å². The lowest BCUT2D eigenvalue weighted by Gasteiger charge is -2.33. The van der Waals surface area contributed by atoms with Gasteiger partial charge in [0.1, 0.15) is 0 Å². The zero-order chi connectivity index (χ0) is 18.1. The van der Waals surface area contributed by atoms with Gasteiger partial charge in [-0.05, 0) is 60.8 Å². The van der Waals surface area contributed by atoms with Gasteiger partial charge in [-0.15, -0.1) is 12.6 Å². The molecule has 0 saturated heterocycles. The minimum Gasteiger partial charge on any atom is -0.143 e. The number of thiol groups is 1. The molecule has 0 spiro atoms. The Morgan fingerprint density at radius 1 is 1.17 bits per heavy atom. The molecule has 130 valence electrons. The van der Waals surface area contributed by atoms with Gasteiger partial charge in [0.15, 0.2) is 0 Å². The number of rotatable bonds is 5. The van der Waals surface area contributed by atoms with E-state index < -0.39 is 0 Å². The van der Waals surface area contributed by atoms with E-state index >= 15 is 0 Å². The summed E-state index contributed by atoms with van der Waals surface area (Å²) in [5.74, 6) is 1.66. The molecule has 1 aromatic carbocycles. The highest BCUT2D eigenvalue weighted by atomic mass is 32.1. The predicted molar refractivity (Wildman–Crippen MR) is 114 cm³/mol. The third-order valence-corrected chi connectivity index (χ3v) is 5.13. The van der Waals surface area contributed by atoms with Crippen LogP contribution in [0.1, 0.15) is 64.5 Å². The van der Waals surface area contributed by atoms with E-state index in [1.54, 1.807) is 6.08 Å². The molecule has 0 aromatic heterocycles. The van der Waals surface area contributed by atoms with Crippen molar-refractivity contribution < 1.29 is 0 Å². The molecule has 1 aliphatic carbocycles. The van der Waals surface area contributed by atoms with Crippen LogP contribution in [0, 0.1) is 5.92 Å². The molecule has 1 saturated carbocycles. The Kier molecular flexibility index (Phi) is 8.92. The first kappa shape index (κ1) is 20.6. The van der Waals surface area contributed by atoms with Crippen molar-refractivity contribution in [3.8, 4) is 0 Å². The van der Waals surface area contributed by atoms with Crippen molar-refractivity contribution in [2.75, 3.05) is 0 Å². The smallest absolute Gasteiger partial charge is 0.0145 e. The summed E-state index contributed by atoms with van der Waals surface area (Å²) in [5.41, 5.74) is 5.05. The normalized spacial score (nSPS) is 21.5. The number of allylic oxidation sites excluding steroid dienone is 6. The van der Waals surface area contributed by atoms with Crippen molar-refractivity contribution in [1.29, 1.82) is 0 Å². The molecule has 0 N–H and O–H groups in total. The lowest BCUT2D eigenvalue weighted by Crippen LogP contribution is -2.18. The first-order chi connectivity index (χ1) is 11.6. The van der Waals surface area contributed by atoms with Crippen LogP contribution in [0.2, 0.25) is 0 Å². The lowest BCUT2D eigenvalue weighted by atomic mass is 9.72. The van der Waals surface area contributed by atoms with Gasteiger partial charge in [0.05, 0.1) is 0 Å². The summed E-state index contributed by atoms with van der Waals surface area (Å²) in [4.78, 5) is 1.02. The molecule has 1 fully saturated rings. The van der Waals surface area contributed by atoms with E-state index in [1.165, 1.54) is 29.5 Å². The van der Waals surface area contributed by atoms with Crippen molar-refractivity contribution in [3.05, 3.63) is 76.8 Å². The van der Waals surface area contributed by atoms with Gasteiger partial charge in [-0.2, -0.15) is 0 Å². The molecule has 1 aromatic rings. The predicted octanol–water partition coefficient (Wildman–Crippen LogP) is 7.58. The van der Waals surface area contributed by atoms with Gasteiger partial charge in [0.2, 0.25) is 0 Å². The fourth-order valence-corrected chi connectivity index (χ4v) is 3.35. The van der Waals surface area contributed by atoms with E-state index in [2.05, 4.69) is 50.8 Å². The second kappa shape index (κ2) is 10.4. The van der Waals surface area contributed by atoms with Crippen LogP contribution in [0.25, 0.3) is 5.57 Å². The molecule has 0 amide bonds. The number of benzene rings is 1. The fraction of sp³-hybridized carbons (Fsp3) is 0.391. The zero-order valence-corrected chi connectivity index (χ0v) is 16.7. The van der Waals surface area contributed by atoms with Crippen molar-refractivity contribution in [3.63, 3.8) is 0 Å². The molecular weight excluding hydrogens is 308 g/mol. The molecule has 0 bridgehead atoms. The van der Waals surface area contributed by atoms with Gasteiger partial charge in [-0.3, -0.25) is 0 Å². The molecule has 24 heavy (non-hydrogen) atoms. The van der Waals surface area contributed by atoms with Crippen LogP contribution >= 0.6 is 12.6 Å². The summed E-state index contributed by atoms with van der Waals surface area (Å²) in [7, 11) is 0. The van der Waals surface area contributed by atoms with Crippen LogP contribution in [0.3, 0.4) is 0 Å². The molecule has 0 atom stereocenters. The Bertz CT molecular complexity index is 608. The second-order valence-corrected chi connectivity index (χ2v) is 6.66. The second-order valence-electron chi connectivity index (χ2n) is 6.21. The highest BCUT2D eigenvalue weighted by Crippen LogP contribution is 2.41. The van der Waals surface area contributed by atoms with E-state index in [9.17, 15) is 0 Å². The summed E-state index contributed by atoms with van der Waals surface area (Å²) in [6.07, 6.45) is 10.5. The third kappa shape index (κ3) is 5.27. The molecule has 0 unspecified atom stereocenters. The van der Waals surface area contributed by atoms with Crippen molar-refractivity contribution in [2.45, 2.75) is 53.4 Å². The third-order valence-electron chi connectivity index (χ3n) is 4.54. The first-order valence-electron chi connectivity index (χ1n) is 9.02. The van der Waals surface area contributed by atoms with Crippen molar-refractivity contribution in [2.24, 2.45) is 5.92 Å². The van der Waals surface area contributed by atoms with Crippen molar-refractivity contribution in [1.82, 2.24) is 0 Å². The highest BCUT2D eigenvalue weighted by Gasteiger charge is 2.26. The average Bonchev–Trinajstić information content (AvgIpc) is 2.60. The van der Waals surface area contributed by atoms with E-state index in [0.29, 0.717) is 0 Å². The molecule has 0 nitrogen and oxygen atoms in total.